The first kappa shape index (κ1) is 17.0. The zero-order chi connectivity index (χ0) is 18.3. The van der Waals surface area contributed by atoms with Gasteiger partial charge in [-0.25, -0.2) is 0 Å². The maximum Gasteiger partial charge on any atom is 0.0529 e. The van der Waals surface area contributed by atoms with Crippen molar-refractivity contribution in [2.24, 2.45) is 0 Å². The molecule has 1 aromatic carbocycles. The SMILES string of the molecule is C/C(=C\n1c2c(c3cc(C(C)C)ccc31)CN(C)CC2)c1ccncc1. The minimum atomic E-state index is 0.550. The molecule has 0 bridgehead atoms. The lowest BCUT2D eigenvalue weighted by Gasteiger charge is -2.23. The van der Waals surface area contributed by atoms with E-state index in [2.05, 4.69) is 78.8 Å². The third kappa shape index (κ3) is 2.97. The first-order valence-corrected chi connectivity index (χ1v) is 9.47. The van der Waals surface area contributed by atoms with E-state index in [9.17, 15) is 0 Å². The van der Waals surface area contributed by atoms with Gasteiger partial charge < -0.3 is 9.47 Å². The van der Waals surface area contributed by atoms with E-state index < -0.39 is 0 Å². The highest BCUT2D eigenvalue weighted by atomic mass is 15.1. The first-order valence-electron chi connectivity index (χ1n) is 9.47. The first-order chi connectivity index (χ1) is 12.5. The van der Waals surface area contributed by atoms with E-state index in [0.29, 0.717) is 5.92 Å². The normalized spacial score (nSPS) is 15.7. The van der Waals surface area contributed by atoms with Crippen LogP contribution in [0.15, 0.2) is 42.7 Å². The fourth-order valence-corrected chi connectivity index (χ4v) is 3.93. The number of fused-ring (bicyclic) bond motifs is 3. The van der Waals surface area contributed by atoms with Crippen LogP contribution in [0.3, 0.4) is 0 Å². The Morgan fingerprint density at radius 3 is 2.65 bits per heavy atom. The van der Waals surface area contributed by atoms with E-state index in [-0.39, 0.29) is 0 Å². The molecule has 0 unspecified atom stereocenters. The van der Waals surface area contributed by atoms with Gasteiger partial charge in [-0.2, -0.15) is 0 Å². The van der Waals surface area contributed by atoms with Gasteiger partial charge in [-0.05, 0) is 66.4 Å². The molecule has 0 atom stereocenters. The number of allylic oxidation sites excluding steroid dienone is 1. The zero-order valence-corrected chi connectivity index (χ0v) is 16.2. The molecule has 0 saturated heterocycles. The minimum Gasteiger partial charge on any atom is -0.320 e. The molecule has 2 aromatic heterocycles. The number of aromatic nitrogens is 2. The fourth-order valence-electron chi connectivity index (χ4n) is 3.93. The Bertz CT molecular complexity index is 964. The molecule has 0 fully saturated rings. The van der Waals surface area contributed by atoms with Crippen molar-refractivity contribution in [3.63, 3.8) is 0 Å². The summed E-state index contributed by atoms with van der Waals surface area (Å²) in [5, 5.41) is 1.41. The average Bonchev–Trinajstić information content (AvgIpc) is 2.95. The van der Waals surface area contributed by atoms with Crippen LogP contribution in [0.25, 0.3) is 22.7 Å². The highest BCUT2D eigenvalue weighted by Gasteiger charge is 2.22. The Morgan fingerprint density at radius 2 is 1.92 bits per heavy atom. The van der Waals surface area contributed by atoms with E-state index in [0.717, 1.165) is 19.5 Å². The molecule has 3 aromatic rings. The van der Waals surface area contributed by atoms with Gasteiger partial charge in [0.15, 0.2) is 0 Å². The molecule has 1 aliphatic heterocycles. The molecule has 0 aliphatic carbocycles. The summed E-state index contributed by atoms with van der Waals surface area (Å²) in [7, 11) is 2.22. The number of pyridine rings is 1. The molecule has 3 nitrogen and oxygen atoms in total. The summed E-state index contributed by atoms with van der Waals surface area (Å²) in [6.07, 6.45) is 7.12. The zero-order valence-electron chi connectivity index (χ0n) is 16.2. The van der Waals surface area contributed by atoms with Gasteiger partial charge in [-0.3, -0.25) is 4.98 Å². The van der Waals surface area contributed by atoms with E-state index in [1.54, 1.807) is 0 Å². The Morgan fingerprint density at radius 1 is 1.15 bits per heavy atom. The van der Waals surface area contributed by atoms with Crippen molar-refractivity contribution in [2.75, 3.05) is 13.6 Å². The summed E-state index contributed by atoms with van der Waals surface area (Å²) in [4.78, 5) is 6.56. The van der Waals surface area contributed by atoms with Crippen LogP contribution in [-0.4, -0.2) is 28.0 Å². The molecule has 3 heterocycles. The molecule has 0 saturated carbocycles. The third-order valence-electron chi connectivity index (χ3n) is 5.53. The molecular formula is C23H27N3. The van der Waals surface area contributed by atoms with E-state index in [1.165, 1.54) is 38.9 Å². The fraction of sp³-hybridized carbons (Fsp3) is 0.348. The van der Waals surface area contributed by atoms with Gasteiger partial charge in [0.1, 0.15) is 0 Å². The third-order valence-corrected chi connectivity index (χ3v) is 5.53. The standard InChI is InChI=1S/C23H27N3/c1-16(2)19-5-6-22-20(13-19)21-15-25(4)12-9-23(21)26(22)14-17(3)18-7-10-24-11-8-18/h5-8,10-11,13-14,16H,9,12,15H2,1-4H3/b17-14+. The maximum absolute atomic E-state index is 4.14. The number of hydrogen-bond donors (Lipinski definition) is 0. The van der Waals surface area contributed by atoms with Crippen molar-refractivity contribution >= 4 is 22.7 Å². The van der Waals surface area contributed by atoms with Gasteiger partial charge in [0.05, 0.1) is 5.52 Å². The summed E-state index contributed by atoms with van der Waals surface area (Å²) in [6.45, 7) is 8.87. The second kappa shape index (κ2) is 6.73. The predicted octanol–water partition coefficient (Wildman–Crippen LogP) is 5.17. The van der Waals surface area contributed by atoms with E-state index in [1.807, 2.05) is 12.4 Å². The van der Waals surface area contributed by atoms with Crippen molar-refractivity contribution in [2.45, 2.75) is 39.7 Å². The highest BCUT2D eigenvalue weighted by Crippen LogP contribution is 2.34. The van der Waals surface area contributed by atoms with Crippen LogP contribution in [0, 0.1) is 0 Å². The Balaban J connectivity index is 1.92. The molecule has 0 N–H and O–H groups in total. The van der Waals surface area contributed by atoms with Crippen molar-refractivity contribution in [1.82, 2.24) is 14.5 Å². The number of benzene rings is 1. The second-order valence-electron chi connectivity index (χ2n) is 7.76. The quantitative estimate of drug-likeness (QED) is 0.653. The Labute approximate surface area is 156 Å². The lowest BCUT2D eigenvalue weighted by atomic mass is 9.98. The second-order valence-corrected chi connectivity index (χ2v) is 7.76. The lowest BCUT2D eigenvalue weighted by molar-refractivity contribution is 0.312. The molecule has 3 heteroatoms. The van der Waals surface area contributed by atoms with Crippen LogP contribution in [0.5, 0.6) is 0 Å². The van der Waals surface area contributed by atoms with Gasteiger partial charge in [0.2, 0.25) is 0 Å². The average molecular weight is 345 g/mol. The molecule has 0 radical (unpaired) electrons. The minimum absolute atomic E-state index is 0.550. The molecule has 134 valence electrons. The van der Waals surface area contributed by atoms with Crippen LogP contribution in [0.1, 0.15) is 49.1 Å². The van der Waals surface area contributed by atoms with Crippen LogP contribution >= 0.6 is 0 Å². The molecular weight excluding hydrogens is 318 g/mol. The van der Waals surface area contributed by atoms with Crippen molar-refractivity contribution in [3.8, 4) is 0 Å². The lowest BCUT2D eigenvalue weighted by Crippen LogP contribution is -2.26. The van der Waals surface area contributed by atoms with Crippen molar-refractivity contribution in [3.05, 3.63) is 65.1 Å². The van der Waals surface area contributed by atoms with E-state index in [4.69, 9.17) is 0 Å². The van der Waals surface area contributed by atoms with Crippen molar-refractivity contribution in [1.29, 1.82) is 0 Å². The molecule has 0 amide bonds. The van der Waals surface area contributed by atoms with Crippen LogP contribution < -0.4 is 0 Å². The van der Waals surface area contributed by atoms with Crippen LogP contribution in [0.2, 0.25) is 0 Å². The predicted molar refractivity (Wildman–Crippen MR) is 110 cm³/mol. The van der Waals surface area contributed by atoms with E-state index >= 15 is 0 Å². The topological polar surface area (TPSA) is 21.1 Å². The van der Waals surface area contributed by atoms with Crippen LogP contribution in [-0.2, 0) is 13.0 Å². The van der Waals surface area contributed by atoms with Crippen LogP contribution in [0.4, 0.5) is 0 Å². The number of likely N-dealkylation sites (N-methyl/N-ethyl adjacent to an activating group) is 1. The molecule has 1 aliphatic rings. The molecule has 0 spiro atoms. The summed E-state index contributed by atoms with van der Waals surface area (Å²) in [5.74, 6) is 0.550. The summed E-state index contributed by atoms with van der Waals surface area (Å²) < 4.78 is 2.43. The molecule has 26 heavy (non-hydrogen) atoms. The highest BCUT2D eigenvalue weighted by molar-refractivity contribution is 5.90. The van der Waals surface area contributed by atoms with Gasteiger partial charge in [0, 0.05) is 49.2 Å². The Hall–Kier alpha value is -2.39. The summed E-state index contributed by atoms with van der Waals surface area (Å²) in [6, 6.07) is 11.2. The van der Waals surface area contributed by atoms with Crippen molar-refractivity contribution < 1.29 is 0 Å². The van der Waals surface area contributed by atoms with Gasteiger partial charge in [-0.1, -0.05) is 19.9 Å². The Kier molecular flexibility index (Phi) is 4.41. The largest absolute Gasteiger partial charge is 0.320 e. The van der Waals surface area contributed by atoms with Gasteiger partial charge in [0.25, 0.3) is 0 Å². The summed E-state index contributed by atoms with van der Waals surface area (Å²) in [5.41, 5.74) is 8.19. The van der Waals surface area contributed by atoms with Gasteiger partial charge in [-0.15, -0.1) is 0 Å². The number of hydrogen-bond acceptors (Lipinski definition) is 2. The maximum atomic E-state index is 4.14. The summed E-state index contributed by atoms with van der Waals surface area (Å²) >= 11 is 0. The smallest absolute Gasteiger partial charge is 0.0529 e. The van der Waals surface area contributed by atoms with Gasteiger partial charge >= 0.3 is 0 Å². The molecule has 4 rings (SSSR count). The number of nitrogens with zero attached hydrogens (tertiary/aromatic N) is 3. The monoisotopic (exact) mass is 345 g/mol. The number of rotatable bonds is 3.